The zero-order valence-electron chi connectivity index (χ0n) is 17.2. The Kier molecular flexibility index (Phi) is 6.72. The second-order valence-electron chi connectivity index (χ2n) is 7.26. The lowest BCUT2D eigenvalue weighted by molar-refractivity contribution is -0.115. The van der Waals surface area contributed by atoms with Gasteiger partial charge in [0, 0.05) is 11.4 Å². The van der Waals surface area contributed by atoms with Gasteiger partial charge in [-0.2, -0.15) is 0 Å². The molecule has 0 aliphatic carbocycles. The lowest BCUT2D eigenvalue weighted by Gasteiger charge is -2.23. The van der Waals surface area contributed by atoms with Gasteiger partial charge in [0.2, 0.25) is 5.91 Å². The minimum absolute atomic E-state index is 0.116. The first-order valence-corrected chi connectivity index (χ1v) is 11.0. The number of amides is 2. The molecule has 2 amide bonds. The summed E-state index contributed by atoms with van der Waals surface area (Å²) in [6, 6.07) is 26.4. The Bertz CT molecular complexity index is 1190. The monoisotopic (exact) mass is 444 g/mol. The maximum absolute atomic E-state index is 13.7. The summed E-state index contributed by atoms with van der Waals surface area (Å²) in [5.41, 5.74) is 2.95. The molecule has 4 aromatic rings. The lowest BCUT2D eigenvalue weighted by atomic mass is 10.1. The summed E-state index contributed by atoms with van der Waals surface area (Å²) in [6.45, 7) is 0.238. The molecule has 0 bridgehead atoms. The van der Waals surface area contributed by atoms with Crippen molar-refractivity contribution in [2.75, 3.05) is 10.2 Å². The van der Waals surface area contributed by atoms with E-state index in [9.17, 15) is 14.0 Å². The number of thiophene rings is 1. The average molecular weight is 445 g/mol. The number of anilines is 2. The highest BCUT2D eigenvalue weighted by Crippen LogP contribution is 2.23. The fraction of sp³-hybridized carbons (Fsp3) is 0.0769. The van der Waals surface area contributed by atoms with Crippen LogP contribution in [0.5, 0.6) is 0 Å². The van der Waals surface area contributed by atoms with Crippen LogP contribution in [0, 0.1) is 5.82 Å². The predicted molar refractivity (Wildman–Crippen MR) is 126 cm³/mol. The summed E-state index contributed by atoms with van der Waals surface area (Å²) in [6.07, 6.45) is 0.220. The van der Waals surface area contributed by atoms with Gasteiger partial charge in [-0.1, -0.05) is 48.5 Å². The first kappa shape index (κ1) is 21.5. The van der Waals surface area contributed by atoms with Crippen LogP contribution < -0.4 is 10.2 Å². The van der Waals surface area contributed by atoms with Crippen LogP contribution in [0.3, 0.4) is 0 Å². The van der Waals surface area contributed by atoms with E-state index >= 15 is 0 Å². The van der Waals surface area contributed by atoms with Gasteiger partial charge in [0.25, 0.3) is 5.91 Å². The van der Waals surface area contributed by atoms with Crippen molar-refractivity contribution in [2.24, 2.45) is 0 Å². The van der Waals surface area contributed by atoms with Crippen molar-refractivity contribution in [1.82, 2.24) is 0 Å². The molecule has 0 spiro atoms. The van der Waals surface area contributed by atoms with Crippen LogP contribution in [0.2, 0.25) is 0 Å². The Morgan fingerprint density at radius 2 is 1.62 bits per heavy atom. The predicted octanol–water partition coefficient (Wildman–Crippen LogP) is 5.92. The maximum atomic E-state index is 13.7. The van der Waals surface area contributed by atoms with E-state index in [4.69, 9.17) is 0 Å². The average Bonchev–Trinajstić information content (AvgIpc) is 3.33. The summed E-state index contributed by atoms with van der Waals surface area (Å²) in [7, 11) is 0. The summed E-state index contributed by atoms with van der Waals surface area (Å²) in [4.78, 5) is 27.7. The zero-order valence-corrected chi connectivity index (χ0v) is 18.0. The van der Waals surface area contributed by atoms with Gasteiger partial charge in [-0.15, -0.1) is 11.3 Å². The topological polar surface area (TPSA) is 49.4 Å². The minimum atomic E-state index is -0.342. The number of para-hydroxylation sites is 1. The Hall–Kier alpha value is -3.77. The molecule has 0 aliphatic heterocycles. The molecule has 160 valence electrons. The van der Waals surface area contributed by atoms with Crippen molar-refractivity contribution in [3.63, 3.8) is 0 Å². The van der Waals surface area contributed by atoms with E-state index in [0.29, 0.717) is 16.1 Å². The van der Waals surface area contributed by atoms with Crippen molar-refractivity contribution in [3.8, 4) is 0 Å². The molecule has 0 aliphatic rings. The number of hydrogen-bond donors (Lipinski definition) is 1. The number of benzene rings is 3. The Morgan fingerprint density at radius 3 is 2.31 bits per heavy atom. The first-order valence-electron chi connectivity index (χ1n) is 10.1. The molecule has 0 fully saturated rings. The van der Waals surface area contributed by atoms with Gasteiger partial charge in [-0.05, 0) is 59.0 Å². The molecule has 0 radical (unpaired) electrons. The number of nitrogens with zero attached hydrogens (tertiary/aromatic N) is 1. The van der Waals surface area contributed by atoms with Crippen LogP contribution in [0.1, 0.15) is 20.8 Å². The van der Waals surface area contributed by atoms with Gasteiger partial charge in [0.1, 0.15) is 5.82 Å². The number of carbonyl (C=O) groups excluding carboxylic acids is 2. The van der Waals surface area contributed by atoms with E-state index in [0.717, 1.165) is 11.3 Å². The molecule has 0 saturated heterocycles. The Labute approximate surface area is 190 Å². The van der Waals surface area contributed by atoms with Crippen LogP contribution in [0.15, 0.2) is 96.4 Å². The number of nitrogens with one attached hydrogen (secondary N) is 1. The standard InChI is InChI=1S/C26H21FN2O2S/c27-21-7-4-6-20(16-21)18-29(26(31)24-10-5-15-32-24)23-13-11-19(12-14-23)17-25(30)28-22-8-2-1-3-9-22/h1-16H,17-18H2,(H,28,30). The van der Waals surface area contributed by atoms with Crippen LogP contribution in [0.25, 0.3) is 0 Å². The molecule has 1 aromatic heterocycles. The van der Waals surface area contributed by atoms with Gasteiger partial charge in [0.05, 0.1) is 17.8 Å². The van der Waals surface area contributed by atoms with E-state index < -0.39 is 0 Å². The van der Waals surface area contributed by atoms with Gasteiger partial charge >= 0.3 is 0 Å². The fourth-order valence-corrected chi connectivity index (χ4v) is 4.01. The van der Waals surface area contributed by atoms with Crippen molar-refractivity contribution in [3.05, 3.63) is 118 Å². The van der Waals surface area contributed by atoms with Crippen LogP contribution in [-0.4, -0.2) is 11.8 Å². The molecule has 3 aromatic carbocycles. The van der Waals surface area contributed by atoms with Crippen LogP contribution in [-0.2, 0) is 17.8 Å². The summed E-state index contributed by atoms with van der Waals surface area (Å²) >= 11 is 1.36. The van der Waals surface area contributed by atoms with Crippen LogP contribution >= 0.6 is 11.3 Å². The van der Waals surface area contributed by atoms with E-state index in [-0.39, 0.29) is 30.6 Å². The molecule has 0 saturated carbocycles. The SMILES string of the molecule is O=C(Cc1ccc(N(Cc2cccc(F)c2)C(=O)c2cccs2)cc1)Nc1ccccc1. The minimum Gasteiger partial charge on any atom is -0.326 e. The van der Waals surface area contributed by atoms with Gasteiger partial charge < -0.3 is 10.2 Å². The van der Waals surface area contributed by atoms with Crippen molar-refractivity contribution in [2.45, 2.75) is 13.0 Å². The van der Waals surface area contributed by atoms with Gasteiger partial charge in [0.15, 0.2) is 0 Å². The fourth-order valence-electron chi connectivity index (χ4n) is 3.34. The molecular formula is C26H21FN2O2S. The molecule has 4 nitrogen and oxygen atoms in total. The molecule has 4 rings (SSSR count). The van der Waals surface area contributed by atoms with Crippen LogP contribution in [0.4, 0.5) is 15.8 Å². The third-order valence-corrected chi connectivity index (χ3v) is 5.73. The smallest absolute Gasteiger partial charge is 0.268 e. The van der Waals surface area contributed by atoms with Crippen molar-refractivity contribution in [1.29, 1.82) is 0 Å². The largest absolute Gasteiger partial charge is 0.326 e. The number of halogens is 1. The number of carbonyl (C=O) groups is 2. The maximum Gasteiger partial charge on any atom is 0.268 e. The molecule has 32 heavy (non-hydrogen) atoms. The highest BCUT2D eigenvalue weighted by atomic mass is 32.1. The zero-order chi connectivity index (χ0) is 22.3. The molecule has 1 N–H and O–H groups in total. The molecule has 6 heteroatoms. The van der Waals surface area contributed by atoms with Crippen molar-refractivity contribution >= 4 is 34.5 Å². The summed E-state index contributed by atoms with van der Waals surface area (Å²) in [5, 5.41) is 4.71. The third-order valence-electron chi connectivity index (χ3n) is 4.88. The Morgan fingerprint density at radius 1 is 0.844 bits per heavy atom. The first-order chi connectivity index (χ1) is 15.6. The highest BCUT2D eigenvalue weighted by Gasteiger charge is 2.19. The highest BCUT2D eigenvalue weighted by molar-refractivity contribution is 7.12. The van der Waals surface area contributed by atoms with E-state index in [1.54, 1.807) is 23.1 Å². The van der Waals surface area contributed by atoms with E-state index in [1.807, 2.05) is 66.0 Å². The summed E-state index contributed by atoms with van der Waals surface area (Å²) in [5.74, 6) is -0.611. The third kappa shape index (κ3) is 5.47. The second-order valence-corrected chi connectivity index (χ2v) is 8.20. The molecular weight excluding hydrogens is 423 g/mol. The quantitative estimate of drug-likeness (QED) is 0.385. The van der Waals surface area contributed by atoms with Gasteiger partial charge in [-0.3, -0.25) is 9.59 Å². The number of hydrogen-bond acceptors (Lipinski definition) is 3. The summed E-state index contributed by atoms with van der Waals surface area (Å²) < 4.78 is 13.7. The van der Waals surface area contributed by atoms with E-state index in [1.165, 1.54) is 23.5 Å². The normalized spacial score (nSPS) is 10.5. The molecule has 0 atom stereocenters. The van der Waals surface area contributed by atoms with Crippen molar-refractivity contribution < 1.29 is 14.0 Å². The molecule has 1 heterocycles. The lowest BCUT2D eigenvalue weighted by Crippen LogP contribution is -2.29. The second kappa shape index (κ2) is 10.0. The van der Waals surface area contributed by atoms with Gasteiger partial charge in [-0.25, -0.2) is 4.39 Å². The molecule has 0 unspecified atom stereocenters. The number of rotatable bonds is 7. The van der Waals surface area contributed by atoms with E-state index in [2.05, 4.69) is 5.32 Å². The Balaban J connectivity index is 1.52.